The molecule has 0 bridgehead atoms. The van der Waals surface area contributed by atoms with Gasteiger partial charge in [-0.2, -0.15) is 0 Å². The van der Waals surface area contributed by atoms with Gasteiger partial charge in [0.1, 0.15) is 0 Å². The molecular weight excluding hydrogens is 252 g/mol. The van der Waals surface area contributed by atoms with Crippen molar-refractivity contribution < 1.29 is 9.90 Å². The minimum absolute atomic E-state index is 0.0174. The van der Waals surface area contributed by atoms with E-state index in [-0.39, 0.29) is 6.03 Å². The highest BCUT2D eigenvalue weighted by Gasteiger charge is 2.28. The number of urea groups is 1. The van der Waals surface area contributed by atoms with E-state index in [1.807, 2.05) is 24.3 Å². The summed E-state index contributed by atoms with van der Waals surface area (Å²) in [5.41, 5.74) is 1.71. The van der Waals surface area contributed by atoms with Gasteiger partial charge in [-0.15, -0.1) is 0 Å². The Morgan fingerprint density at radius 1 is 1.15 bits per heavy atom. The van der Waals surface area contributed by atoms with E-state index in [0.29, 0.717) is 19.0 Å². The van der Waals surface area contributed by atoms with E-state index < -0.39 is 6.10 Å². The number of nitrogens with one attached hydrogen (secondary N) is 1. The number of carbonyl (C=O) groups excluding carboxylic acids is 1. The number of para-hydroxylation sites is 1. The molecule has 20 heavy (non-hydrogen) atoms. The van der Waals surface area contributed by atoms with Crippen molar-refractivity contribution in [3.05, 3.63) is 29.8 Å². The third kappa shape index (κ3) is 2.66. The highest BCUT2D eigenvalue weighted by Crippen LogP contribution is 2.33. The molecule has 1 atom stereocenters. The van der Waals surface area contributed by atoms with Crippen molar-refractivity contribution >= 4 is 11.7 Å². The molecule has 4 nitrogen and oxygen atoms in total. The Hall–Kier alpha value is -1.55. The first kappa shape index (κ1) is 13.4. The number of hydrogen-bond acceptors (Lipinski definition) is 2. The van der Waals surface area contributed by atoms with Crippen molar-refractivity contribution in [3.63, 3.8) is 0 Å². The van der Waals surface area contributed by atoms with Crippen molar-refractivity contribution in [1.29, 1.82) is 0 Å². The fourth-order valence-corrected chi connectivity index (χ4v) is 3.25. The number of aliphatic hydroxyl groups is 1. The lowest BCUT2D eigenvalue weighted by atomic mass is 9.95. The van der Waals surface area contributed by atoms with E-state index >= 15 is 0 Å². The molecule has 2 N–H and O–H groups in total. The maximum atomic E-state index is 12.5. The zero-order chi connectivity index (χ0) is 13.9. The van der Waals surface area contributed by atoms with E-state index in [1.54, 1.807) is 4.90 Å². The molecular formula is C16H22N2O2. The van der Waals surface area contributed by atoms with Crippen LogP contribution in [0.2, 0.25) is 0 Å². The maximum Gasteiger partial charge on any atom is 0.322 e. The minimum atomic E-state index is -0.454. The number of anilines is 1. The molecule has 0 aromatic heterocycles. The second-order valence-corrected chi connectivity index (χ2v) is 5.80. The number of hydrogen-bond donors (Lipinski definition) is 2. The summed E-state index contributed by atoms with van der Waals surface area (Å²) in [6, 6.07) is 7.94. The number of fused-ring (bicyclic) bond motifs is 1. The third-order valence-corrected chi connectivity index (χ3v) is 4.39. The normalized spacial score (nSPS) is 23.2. The van der Waals surface area contributed by atoms with Gasteiger partial charge in [-0.05, 0) is 25.3 Å². The van der Waals surface area contributed by atoms with Crippen LogP contribution >= 0.6 is 0 Å². The van der Waals surface area contributed by atoms with E-state index in [4.69, 9.17) is 0 Å². The number of benzene rings is 1. The lowest BCUT2D eigenvalue weighted by molar-refractivity contribution is 0.164. The smallest absolute Gasteiger partial charge is 0.322 e. The Balaban J connectivity index is 1.73. The number of aliphatic hydroxyl groups excluding tert-OH is 1. The number of amides is 2. The first-order valence-electron chi connectivity index (χ1n) is 7.61. The Morgan fingerprint density at radius 3 is 2.70 bits per heavy atom. The molecule has 1 unspecified atom stereocenters. The number of rotatable bonds is 1. The molecule has 1 heterocycles. The molecule has 108 valence electrons. The van der Waals surface area contributed by atoms with Crippen LogP contribution in [0, 0.1) is 0 Å². The largest absolute Gasteiger partial charge is 0.388 e. The molecule has 1 aliphatic carbocycles. The van der Waals surface area contributed by atoms with Crippen LogP contribution in [0.3, 0.4) is 0 Å². The van der Waals surface area contributed by atoms with Gasteiger partial charge in [0.15, 0.2) is 0 Å². The van der Waals surface area contributed by atoms with Crippen LogP contribution in [0.5, 0.6) is 0 Å². The van der Waals surface area contributed by atoms with E-state index in [2.05, 4.69) is 5.32 Å². The van der Waals surface area contributed by atoms with Crippen LogP contribution < -0.4 is 10.2 Å². The molecule has 2 aliphatic rings. The lowest BCUT2D eigenvalue weighted by Crippen LogP contribution is -2.47. The quantitative estimate of drug-likeness (QED) is 0.827. The van der Waals surface area contributed by atoms with Gasteiger partial charge < -0.3 is 10.4 Å². The standard InChI is InChI=1S/C16H22N2O2/c19-15-10-11-18(14-9-5-4-8-13(14)15)16(20)17-12-6-2-1-3-7-12/h4-5,8-9,12,15,19H,1-3,6-7,10-11H2,(H,17,20). The highest BCUT2D eigenvalue weighted by atomic mass is 16.3. The van der Waals surface area contributed by atoms with Crippen molar-refractivity contribution in [2.24, 2.45) is 0 Å². The number of nitrogens with zero attached hydrogens (tertiary/aromatic N) is 1. The molecule has 4 heteroatoms. The Kier molecular flexibility index (Phi) is 3.92. The lowest BCUT2D eigenvalue weighted by Gasteiger charge is -2.34. The molecule has 1 fully saturated rings. The average molecular weight is 274 g/mol. The van der Waals surface area contributed by atoms with Gasteiger partial charge in [0, 0.05) is 18.2 Å². The monoisotopic (exact) mass is 274 g/mol. The predicted molar refractivity (Wildman–Crippen MR) is 78.8 cm³/mol. The molecule has 0 spiro atoms. The summed E-state index contributed by atoms with van der Waals surface area (Å²) < 4.78 is 0. The van der Waals surface area contributed by atoms with Crippen LogP contribution in [0.15, 0.2) is 24.3 Å². The van der Waals surface area contributed by atoms with Crippen LogP contribution in [-0.2, 0) is 0 Å². The predicted octanol–water partition coefficient (Wildman–Crippen LogP) is 2.97. The maximum absolute atomic E-state index is 12.5. The van der Waals surface area contributed by atoms with Gasteiger partial charge >= 0.3 is 6.03 Å². The van der Waals surface area contributed by atoms with E-state index in [1.165, 1.54) is 19.3 Å². The Bertz CT molecular complexity index is 483. The molecule has 0 radical (unpaired) electrons. The van der Waals surface area contributed by atoms with Crippen molar-refractivity contribution in [3.8, 4) is 0 Å². The van der Waals surface area contributed by atoms with Crippen LogP contribution in [-0.4, -0.2) is 23.7 Å². The first-order valence-corrected chi connectivity index (χ1v) is 7.61. The van der Waals surface area contributed by atoms with E-state index in [9.17, 15) is 9.90 Å². The van der Waals surface area contributed by atoms with Gasteiger partial charge in [-0.3, -0.25) is 4.90 Å². The second-order valence-electron chi connectivity index (χ2n) is 5.80. The molecule has 1 aromatic carbocycles. The second kappa shape index (κ2) is 5.83. The van der Waals surface area contributed by atoms with E-state index in [0.717, 1.165) is 24.1 Å². The van der Waals surface area contributed by atoms with Crippen LogP contribution in [0.1, 0.15) is 50.2 Å². The van der Waals surface area contributed by atoms with Gasteiger partial charge in [0.25, 0.3) is 0 Å². The van der Waals surface area contributed by atoms with Crippen molar-refractivity contribution in [2.75, 3.05) is 11.4 Å². The topological polar surface area (TPSA) is 52.6 Å². The molecule has 0 saturated heterocycles. The fourth-order valence-electron chi connectivity index (χ4n) is 3.25. The molecule has 1 saturated carbocycles. The zero-order valence-corrected chi connectivity index (χ0v) is 11.7. The van der Waals surface area contributed by atoms with Crippen molar-refractivity contribution in [2.45, 2.75) is 50.7 Å². The fraction of sp³-hybridized carbons (Fsp3) is 0.562. The summed E-state index contributed by atoms with van der Waals surface area (Å²) in [6.45, 7) is 0.580. The van der Waals surface area contributed by atoms with Crippen molar-refractivity contribution in [1.82, 2.24) is 5.32 Å². The summed E-state index contributed by atoms with van der Waals surface area (Å²) in [5.74, 6) is 0. The molecule has 1 aromatic rings. The molecule has 1 aliphatic heterocycles. The molecule has 2 amide bonds. The van der Waals surface area contributed by atoms with Crippen LogP contribution in [0.25, 0.3) is 0 Å². The Morgan fingerprint density at radius 2 is 1.90 bits per heavy atom. The van der Waals surface area contributed by atoms with Gasteiger partial charge in [-0.1, -0.05) is 37.5 Å². The summed E-state index contributed by atoms with van der Waals surface area (Å²) >= 11 is 0. The zero-order valence-electron chi connectivity index (χ0n) is 11.7. The van der Waals surface area contributed by atoms with Gasteiger partial charge in [0.2, 0.25) is 0 Å². The minimum Gasteiger partial charge on any atom is -0.388 e. The molecule has 3 rings (SSSR count). The highest BCUT2D eigenvalue weighted by molar-refractivity contribution is 5.93. The average Bonchev–Trinajstić information content (AvgIpc) is 2.49. The summed E-state index contributed by atoms with van der Waals surface area (Å²) in [6.07, 6.45) is 6.03. The third-order valence-electron chi connectivity index (χ3n) is 4.39. The summed E-state index contributed by atoms with van der Waals surface area (Å²) in [4.78, 5) is 14.2. The SMILES string of the molecule is O=C(NC1CCCCC1)N1CCC(O)c2ccccc21. The van der Waals surface area contributed by atoms with Gasteiger partial charge in [0.05, 0.1) is 11.8 Å². The van der Waals surface area contributed by atoms with Gasteiger partial charge in [-0.25, -0.2) is 4.79 Å². The summed E-state index contributed by atoms with van der Waals surface area (Å²) in [5, 5.41) is 13.2. The summed E-state index contributed by atoms with van der Waals surface area (Å²) in [7, 11) is 0. The number of carbonyl (C=O) groups is 1. The van der Waals surface area contributed by atoms with Crippen LogP contribution in [0.4, 0.5) is 10.5 Å². The first-order chi connectivity index (χ1) is 9.75. The Labute approximate surface area is 119 Å².